The highest BCUT2D eigenvalue weighted by atomic mass is 35.5. The van der Waals surface area contributed by atoms with E-state index in [9.17, 15) is 27.2 Å². The molecule has 0 bridgehead atoms. The van der Waals surface area contributed by atoms with Gasteiger partial charge < -0.3 is 19.5 Å². The van der Waals surface area contributed by atoms with E-state index < -0.39 is 35.4 Å². The molecule has 2 atom stereocenters. The first-order valence-corrected chi connectivity index (χ1v) is 11.3. The molecule has 0 saturated carbocycles. The van der Waals surface area contributed by atoms with Crippen LogP contribution in [0.3, 0.4) is 0 Å². The molecule has 1 heterocycles. The number of ether oxygens (including phenoxy) is 2. The van der Waals surface area contributed by atoms with Gasteiger partial charge in [-0.3, -0.25) is 4.79 Å². The molecular weight excluding hydrogens is 518 g/mol. The topological polar surface area (TPSA) is 76.1 Å². The van der Waals surface area contributed by atoms with Gasteiger partial charge in [0.05, 0.1) is 17.2 Å². The summed E-state index contributed by atoms with van der Waals surface area (Å²) in [6, 6.07) is 11.2. The van der Waals surface area contributed by atoms with Gasteiger partial charge in [0.15, 0.2) is 6.61 Å². The molecule has 0 saturated heterocycles. The molecule has 1 aliphatic heterocycles. The average Bonchev–Trinajstić information content (AvgIpc) is 2.82. The van der Waals surface area contributed by atoms with Gasteiger partial charge in [-0.05, 0) is 59.5 Å². The number of carbonyl (C=O) groups is 2. The standard InChI is InChI=1S/C26H20ClF4NO5/c1-13(24(26(29,30)31)14-3-8-21-22(9-14)36-12-23(33)32(21)2)17-6-4-16(11-19(17)27)37-15-5-7-20(28)18(10-15)25(34)35/h3-11,13,24H,12H2,1-2H3,(H,34,35). The summed E-state index contributed by atoms with van der Waals surface area (Å²) in [4.78, 5) is 24.3. The second-order valence-corrected chi connectivity index (χ2v) is 8.92. The lowest BCUT2D eigenvalue weighted by molar-refractivity contribution is -0.154. The maximum atomic E-state index is 14.3. The van der Waals surface area contributed by atoms with Gasteiger partial charge in [0.1, 0.15) is 23.1 Å². The minimum absolute atomic E-state index is 0.000593. The first-order valence-electron chi connectivity index (χ1n) is 11.0. The Morgan fingerprint density at radius 3 is 2.43 bits per heavy atom. The van der Waals surface area contributed by atoms with E-state index in [0.29, 0.717) is 5.69 Å². The monoisotopic (exact) mass is 537 g/mol. The van der Waals surface area contributed by atoms with E-state index in [4.69, 9.17) is 26.2 Å². The molecule has 1 N–H and O–H groups in total. The Hall–Kier alpha value is -3.79. The van der Waals surface area contributed by atoms with E-state index in [2.05, 4.69) is 0 Å². The van der Waals surface area contributed by atoms with Crippen molar-refractivity contribution in [1.29, 1.82) is 0 Å². The highest BCUT2D eigenvalue weighted by molar-refractivity contribution is 6.31. The predicted molar refractivity (Wildman–Crippen MR) is 127 cm³/mol. The second kappa shape index (κ2) is 9.93. The molecule has 3 aromatic carbocycles. The quantitative estimate of drug-likeness (QED) is 0.351. The summed E-state index contributed by atoms with van der Waals surface area (Å²) in [5.74, 6) is -5.47. The first kappa shape index (κ1) is 26.3. The van der Waals surface area contributed by atoms with Crippen molar-refractivity contribution in [3.8, 4) is 17.2 Å². The van der Waals surface area contributed by atoms with Crippen LogP contribution in [0.15, 0.2) is 54.6 Å². The number of carboxylic acid groups (broad SMARTS) is 1. The maximum absolute atomic E-state index is 14.3. The molecule has 0 aromatic heterocycles. The Morgan fingerprint density at radius 2 is 1.78 bits per heavy atom. The zero-order chi connectivity index (χ0) is 27.1. The lowest BCUT2D eigenvalue weighted by Crippen LogP contribution is -2.35. The molecule has 37 heavy (non-hydrogen) atoms. The molecule has 2 unspecified atom stereocenters. The van der Waals surface area contributed by atoms with Crippen LogP contribution in [-0.4, -0.2) is 36.8 Å². The molecule has 0 radical (unpaired) electrons. The largest absolute Gasteiger partial charge is 0.482 e. The molecule has 0 aliphatic carbocycles. The van der Waals surface area contributed by atoms with Crippen LogP contribution in [0.5, 0.6) is 17.2 Å². The third-order valence-corrected chi connectivity index (χ3v) is 6.48. The number of alkyl halides is 3. The number of carboxylic acids is 1. The normalized spacial score (nSPS) is 15.0. The van der Waals surface area contributed by atoms with E-state index in [-0.39, 0.29) is 45.9 Å². The fraction of sp³-hybridized carbons (Fsp3) is 0.231. The van der Waals surface area contributed by atoms with Crippen molar-refractivity contribution in [3.05, 3.63) is 82.1 Å². The predicted octanol–water partition coefficient (Wildman–Crippen LogP) is 6.77. The zero-order valence-electron chi connectivity index (χ0n) is 19.5. The Labute approximate surface area is 214 Å². The summed E-state index contributed by atoms with van der Waals surface area (Å²) in [6.45, 7) is 1.13. The smallest absolute Gasteiger partial charge is 0.396 e. The number of halogens is 5. The number of amides is 1. The van der Waals surface area contributed by atoms with Crippen LogP contribution in [0.25, 0.3) is 0 Å². The molecule has 0 spiro atoms. The number of anilines is 1. The van der Waals surface area contributed by atoms with Crippen molar-refractivity contribution in [2.45, 2.75) is 24.9 Å². The summed E-state index contributed by atoms with van der Waals surface area (Å²) in [6.07, 6.45) is -4.64. The van der Waals surface area contributed by atoms with E-state index >= 15 is 0 Å². The van der Waals surface area contributed by atoms with Crippen LogP contribution in [0.1, 0.15) is 40.2 Å². The van der Waals surface area contributed by atoms with Crippen molar-refractivity contribution in [2.75, 3.05) is 18.6 Å². The fourth-order valence-electron chi connectivity index (χ4n) is 4.24. The summed E-state index contributed by atoms with van der Waals surface area (Å²) >= 11 is 6.36. The van der Waals surface area contributed by atoms with Gasteiger partial charge in [-0.15, -0.1) is 0 Å². The van der Waals surface area contributed by atoms with Gasteiger partial charge in [0, 0.05) is 12.1 Å². The highest BCUT2D eigenvalue weighted by Crippen LogP contribution is 2.48. The molecule has 11 heteroatoms. The number of hydrogen-bond acceptors (Lipinski definition) is 4. The number of hydrogen-bond donors (Lipinski definition) is 1. The lowest BCUT2D eigenvalue weighted by atomic mass is 9.82. The van der Waals surface area contributed by atoms with Gasteiger partial charge in [-0.2, -0.15) is 13.2 Å². The van der Waals surface area contributed by atoms with E-state index in [1.807, 2.05) is 0 Å². The molecule has 0 fully saturated rings. The SMILES string of the molecule is CC(c1ccc(Oc2ccc(F)c(C(=O)O)c2)cc1Cl)C(c1ccc2c(c1)OCC(=O)N2C)C(F)(F)F. The number of likely N-dealkylation sites (N-methyl/N-ethyl adjacent to an activating group) is 1. The van der Waals surface area contributed by atoms with Crippen molar-refractivity contribution >= 4 is 29.2 Å². The summed E-state index contributed by atoms with van der Waals surface area (Å²) in [5.41, 5.74) is -0.0654. The number of carbonyl (C=O) groups excluding carboxylic acids is 1. The zero-order valence-corrected chi connectivity index (χ0v) is 20.2. The molecule has 1 amide bonds. The summed E-state index contributed by atoms with van der Waals surface area (Å²) in [7, 11) is 1.52. The van der Waals surface area contributed by atoms with Gasteiger partial charge in [-0.25, -0.2) is 9.18 Å². The first-order chi connectivity index (χ1) is 17.4. The van der Waals surface area contributed by atoms with Gasteiger partial charge in [-0.1, -0.05) is 30.7 Å². The molecule has 6 nitrogen and oxygen atoms in total. The third kappa shape index (κ3) is 5.34. The van der Waals surface area contributed by atoms with Crippen LogP contribution in [0, 0.1) is 5.82 Å². The molecule has 194 valence electrons. The number of benzene rings is 3. The average molecular weight is 538 g/mol. The minimum Gasteiger partial charge on any atom is -0.482 e. The Bertz CT molecular complexity index is 1380. The van der Waals surface area contributed by atoms with Crippen LogP contribution in [0.2, 0.25) is 5.02 Å². The molecule has 4 rings (SSSR count). The van der Waals surface area contributed by atoms with Crippen molar-refractivity contribution in [2.24, 2.45) is 0 Å². The van der Waals surface area contributed by atoms with Gasteiger partial charge >= 0.3 is 12.1 Å². The molecule has 1 aliphatic rings. The minimum atomic E-state index is -4.64. The summed E-state index contributed by atoms with van der Waals surface area (Å²) in [5, 5.41) is 9.07. The third-order valence-electron chi connectivity index (χ3n) is 6.15. The van der Waals surface area contributed by atoms with E-state index in [1.54, 1.807) is 0 Å². The van der Waals surface area contributed by atoms with Crippen LogP contribution in [-0.2, 0) is 4.79 Å². The van der Waals surface area contributed by atoms with Crippen LogP contribution in [0.4, 0.5) is 23.2 Å². The van der Waals surface area contributed by atoms with Crippen LogP contribution < -0.4 is 14.4 Å². The molecular formula is C26H20ClF4NO5. The highest BCUT2D eigenvalue weighted by Gasteiger charge is 2.45. The Morgan fingerprint density at radius 1 is 1.11 bits per heavy atom. The van der Waals surface area contributed by atoms with Crippen molar-refractivity contribution < 1.29 is 41.7 Å². The Kier molecular flexibility index (Phi) is 7.05. The summed E-state index contributed by atoms with van der Waals surface area (Å²) < 4.78 is 67.4. The van der Waals surface area contributed by atoms with E-state index in [1.165, 1.54) is 61.3 Å². The number of fused-ring (bicyclic) bond motifs is 1. The molecule has 3 aromatic rings. The fourth-order valence-corrected chi connectivity index (χ4v) is 4.58. The Balaban J connectivity index is 1.63. The van der Waals surface area contributed by atoms with Crippen molar-refractivity contribution in [3.63, 3.8) is 0 Å². The lowest BCUT2D eigenvalue weighted by Gasteiger charge is -2.30. The number of rotatable bonds is 6. The van der Waals surface area contributed by atoms with Gasteiger partial charge in [0.2, 0.25) is 0 Å². The number of nitrogens with zero attached hydrogens (tertiary/aromatic N) is 1. The number of aromatic carboxylic acids is 1. The van der Waals surface area contributed by atoms with E-state index in [0.717, 1.165) is 12.1 Å². The second-order valence-electron chi connectivity index (χ2n) is 8.51. The van der Waals surface area contributed by atoms with Gasteiger partial charge in [0.25, 0.3) is 5.91 Å². The maximum Gasteiger partial charge on any atom is 0.396 e. The van der Waals surface area contributed by atoms with Crippen LogP contribution >= 0.6 is 11.6 Å². The van der Waals surface area contributed by atoms with Crippen molar-refractivity contribution in [1.82, 2.24) is 0 Å².